The van der Waals surface area contributed by atoms with Gasteiger partial charge >= 0.3 is 0 Å². The Balaban J connectivity index is 1.76. The number of hydrogen-bond donors (Lipinski definition) is 2. The Hall–Kier alpha value is -1.59. The largest absolute Gasteiger partial charge is 0.354 e. The van der Waals surface area contributed by atoms with Crippen molar-refractivity contribution in [2.75, 3.05) is 19.6 Å². The van der Waals surface area contributed by atoms with Crippen LogP contribution in [0.25, 0.3) is 0 Å². The number of amides is 2. The molecular weight excluding hydrogens is 374 g/mol. The molecule has 1 heterocycles. The highest BCUT2D eigenvalue weighted by Crippen LogP contribution is 2.17. The number of hydrogen-bond acceptors (Lipinski definition) is 3. The summed E-state index contributed by atoms with van der Waals surface area (Å²) in [6.07, 6.45) is 5.94. The lowest BCUT2D eigenvalue weighted by Gasteiger charge is -2.33. The molecule has 1 fully saturated rings. The molecule has 156 valence electrons. The highest BCUT2D eigenvalue weighted by molar-refractivity contribution is 6.33. The first kappa shape index (κ1) is 22.7. The summed E-state index contributed by atoms with van der Waals surface area (Å²) in [6.45, 7) is 9.07. The summed E-state index contributed by atoms with van der Waals surface area (Å²) < 4.78 is 0. The first-order valence-electron chi connectivity index (χ1n) is 10.5. The van der Waals surface area contributed by atoms with Crippen LogP contribution in [0.15, 0.2) is 24.3 Å². The molecule has 1 aromatic rings. The van der Waals surface area contributed by atoms with Gasteiger partial charge in [-0.3, -0.25) is 9.59 Å². The number of nitrogens with zero attached hydrogens (tertiary/aromatic N) is 1. The third-order valence-corrected chi connectivity index (χ3v) is 5.80. The van der Waals surface area contributed by atoms with E-state index in [0.717, 1.165) is 19.4 Å². The molecule has 0 unspecified atom stereocenters. The molecule has 2 atom stereocenters. The predicted molar refractivity (Wildman–Crippen MR) is 115 cm³/mol. The molecular formula is C22H34ClN3O2. The van der Waals surface area contributed by atoms with Crippen molar-refractivity contribution in [2.45, 2.75) is 65.0 Å². The molecule has 1 aromatic carbocycles. The van der Waals surface area contributed by atoms with Crippen molar-refractivity contribution in [3.8, 4) is 0 Å². The van der Waals surface area contributed by atoms with Crippen LogP contribution in [0.1, 0.15) is 63.2 Å². The number of halogens is 1. The van der Waals surface area contributed by atoms with Crippen LogP contribution < -0.4 is 10.6 Å². The lowest BCUT2D eigenvalue weighted by atomic mass is 10.0. The molecule has 2 rings (SSSR count). The van der Waals surface area contributed by atoms with E-state index in [1.807, 2.05) is 13.8 Å². The van der Waals surface area contributed by atoms with Crippen molar-refractivity contribution in [1.29, 1.82) is 0 Å². The SMILES string of the molecule is CC(C)[C@@H](NC(=O)c1ccccc1Cl)C(=O)NCCCCN1CCCC[C@@H]1C. The molecule has 0 aromatic heterocycles. The molecule has 5 nitrogen and oxygen atoms in total. The molecule has 0 radical (unpaired) electrons. The minimum Gasteiger partial charge on any atom is -0.354 e. The Bertz CT molecular complexity index is 650. The first-order chi connectivity index (χ1) is 13.4. The fraction of sp³-hybridized carbons (Fsp3) is 0.636. The summed E-state index contributed by atoms with van der Waals surface area (Å²) in [7, 11) is 0. The van der Waals surface area contributed by atoms with Gasteiger partial charge in [0.1, 0.15) is 6.04 Å². The van der Waals surface area contributed by atoms with E-state index in [1.165, 1.54) is 25.8 Å². The van der Waals surface area contributed by atoms with Crippen LogP contribution in [-0.2, 0) is 4.79 Å². The highest BCUT2D eigenvalue weighted by atomic mass is 35.5. The molecule has 1 aliphatic rings. The lowest BCUT2D eigenvalue weighted by molar-refractivity contribution is -0.123. The van der Waals surface area contributed by atoms with Gasteiger partial charge in [-0.05, 0) is 63.7 Å². The van der Waals surface area contributed by atoms with Gasteiger partial charge in [0.05, 0.1) is 10.6 Å². The topological polar surface area (TPSA) is 61.4 Å². The maximum Gasteiger partial charge on any atom is 0.253 e. The number of likely N-dealkylation sites (tertiary alicyclic amines) is 1. The number of benzene rings is 1. The van der Waals surface area contributed by atoms with Gasteiger partial charge in [-0.2, -0.15) is 0 Å². The molecule has 0 aliphatic carbocycles. The van der Waals surface area contributed by atoms with Gasteiger partial charge in [0.15, 0.2) is 0 Å². The third-order valence-electron chi connectivity index (χ3n) is 5.47. The second-order valence-corrected chi connectivity index (χ2v) is 8.46. The summed E-state index contributed by atoms with van der Waals surface area (Å²) in [5.41, 5.74) is 0.387. The zero-order valence-electron chi connectivity index (χ0n) is 17.3. The summed E-state index contributed by atoms with van der Waals surface area (Å²) >= 11 is 6.09. The number of carbonyl (C=O) groups is 2. The smallest absolute Gasteiger partial charge is 0.253 e. The first-order valence-corrected chi connectivity index (χ1v) is 10.8. The summed E-state index contributed by atoms with van der Waals surface area (Å²) in [5.74, 6) is -0.471. The van der Waals surface area contributed by atoms with Crippen LogP contribution >= 0.6 is 11.6 Å². The molecule has 1 saturated heterocycles. The maximum absolute atomic E-state index is 12.6. The Morgan fingerprint density at radius 2 is 1.96 bits per heavy atom. The standard InChI is InChI=1S/C22H34ClN3O2/c1-16(2)20(25-21(27)18-11-4-5-12-19(18)23)22(28)24-13-7-9-15-26-14-8-6-10-17(26)3/h4-5,11-12,16-17,20H,6-10,13-15H2,1-3H3,(H,24,28)(H,25,27)/t17-,20+/m0/s1. The van der Waals surface area contributed by atoms with Crippen molar-refractivity contribution in [3.05, 3.63) is 34.9 Å². The fourth-order valence-corrected chi connectivity index (χ4v) is 3.87. The number of rotatable bonds is 9. The number of unbranched alkanes of at least 4 members (excludes halogenated alkanes) is 1. The number of nitrogens with one attached hydrogen (secondary N) is 2. The second kappa shape index (κ2) is 11.4. The Morgan fingerprint density at radius 1 is 1.21 bits per heavy atom. The van der Waals surface area contributed by atoms with Gasteiger partial charge in [0.2, 0.25) is 5.91 Å². The van der Waals surface area contributed by atoms with E-state index in [2.05, 4.69) is 22.5 Å². The lowest BCUT2D eigenvalue weighted by Crippen LogP contribution is -2.50. The molecule has 28 heavy (non-hydrogen) atoms. The quantitative estimate of drug-likeness (QED) is 0.611. The predicted octanol–water partition coefficient (Wildman–Crippen LogP) is 3.87. The Morgan fingerprint density at radius 3 is 2.64 bits per heavy atom. The van der Waals surface area contributed by atoms with Crippen LogP contribution in [0.3, 0.4) is 0 Å². The van der Waals surface area contributed by atoms with E-state index in [9.17, 15) is 9.59 Å². The van der Waals surface area contributed by atoms with Gasteiger partial charge in [-0.15, -0.1) is 0 Å². The maximum atomic E-state index is 12.6. The molecule has 0 bridgehead atoms. The van der Waals surface area contributed by atoms with E-state index in [-0.39, 0.29) is 17.7 Å². The molecule has 0 saturated carbocycles. The van der Waals surface area contributed by atoms with Crippen molar-refractivity contribution in [1.82, 2.24) is 15.5 Å². The van der Waals surface area contributed by atoms with E-state index in [1.54, 1.807) is 24.3 Å². The Kier molecular flexibility index (Phi) is 9.26. The van der Waals surface area contributed by atoms with E-state index in [4.69, 9.17) is 11.6 Å². The monoisotopic (exact) mass is 407 g/mol. The van der Waals surface area contributed by atoms with Crippen LogP contribution in [0.5, 0.6) is 0 Å². The third kappa shape index (κ3) is 6.78. The average molecular weight is 408 g/mol. The van der Waals surface area contributed by atoms with Crippen molar-refractivity contribution < 1.29 is 9.59 Å². The normalized spacial score (nSPS) is 18.7. The van der Waals surface area contributed by atoms with Crippen LogP contribution in [0.4, 0.5) is 0 Å². The van der Waals surface area contributed by atoms with Crippen LogP contribution in [0, 0.1) is 5.92 Å². The molecule has 1 aliphatic heterocycles. The van der Waals surface area contributed by atoms with Gasteiger partial charge in [-0.1, -0.05) is 44.0 Å². The molecule has 0 spiro atoms. The fourth-order valence-electron chi connectivity index (χ4n) is 3.65. The minimum atomic E-state index is -0.578. The van der Waals surface area contributed by atoms with Crippen molar-refractivity contribution in [3.63, 3.8) is 0 Å². The summed E-state index contributed by atoms with van der Waals surface area (Å²) in [6, 6.07) is 6.96. The molecule has 2 N–H and O–H groups in total. The van der Waals surface area contributed by atoms with Crippen molar-refractivity contribution >= 4 is 23.4 Å². The van der Waals surface area contributed by atoms with Gasteiger partial charge in [0, 0.05) is 12.6 Å². The molecule has 6 heteroatoms. The number of piperidine rings is 1. The van der Waals surface area contributed by atoms with Crippen LogP contribution in [-0.4, -0.2) is 48.4 Å². The van der Waals surface area contributed by atoms with Crippen LogP contribution in [0.2, 0.25) is 5.02 Å². The molecule has 2 amide bonds. The highest BCUT2D eigenvalue weighted by Gasteiger charge is 2.25. The Labute approximate surface area is 174 Å². The summed E-state index contributed by atoms with van der Waals surface area (Å²) in [4.78, 5) is 27.6. The minimum absolute atomic E-state index is 0.0133. The van der Waals surface area contributed by atoms with E-state index in [0.29, 0.717) is 23.2 Å². The number of carbonyl (C=O) groups excluding carboxylic acids is 2. The van der Waals surface area contributed by atoms with E-state index >= 15 is 0 Å². The van der Waals surface area contributed by atoms with Gasteiger partial charge in [0.25, 0.3) is 5.91 Å². The van der Waals surface area contributed by atoms with Gasteiger partial charge < -0.3 is 15.5 Å². The van der Waals surface area contributed by atoms with E-state index < -0.39 is 6.04 Å². The average Bonchev–Trinajstić information content (AvgIpc) is 2.67. The zero-order valence-corrected chi connectivity index (χ0v) is 18.1. The van der Waals surface area contributed by atoms with Crippen molar-refractivity contribution in [2.24, 2.45) is 5.92 Å². The zero-order chi connectivity index (χ0) is 20.5. The summed E-state index contributed by atoms with van der Waals surface area (Å²) in [5, 5.41) is 6.19. The van der Waals surface area contributed by atoms with Gasteiger partial charge in [-0.25, -0.2) is 0 Å². The second-order valence-electron chi connectivity index (χ2n) is 8.05.